The quantitative estimate of drug-likeness (QED) is 0.675. The fraction of sp³-hybridized carbons (Fsp3) is 0.100. The molecule has 0 spiro atoms. The molecule has 0 saturated heterocycles. The first kappa shape index (κ1) is 9.39. The number of carbonyl (C=O) groups is 3. The second-order valence-corrected chi connectivity index (χ2v) is 3.21. The number of amides is 3. The number of rotatable bonds is 2. The van der Waals surface area contributed by atoms with Gasteiger partial charge in [0.25, 0.3) is 11.8 Å². The fourth-order valence-corrected chi connectivity index (χ4v) is 1.54. The normalized spacial score (nSPS) is 14.3. The first-order valence-electron chi connectivity index (χ1n) is 4.35. The molecule has 1 aromatic rings. The van der Waals surface area contributed by atoms with Crippen molar-refractivity contribution in [1.29, 1.82) is 0 Å². The molecule has 0 saturated carbocycles. The van der Waals surface area contributed by atoms with Gasteiger partial charge in [0.1, 0.15) is 6.54 Å². The summed E-state index contributed by atoms with van der Waals surface area (Å²) in [7, 11) is 0. The van der Waals surface area contributed by atoms with E-state index in [4.69, 9.17) is 5.73 Å². The van der Waals surface area contributed by atoms with Crippen molar-refractivity contribution in [3.8, 4) is 0 Å². The van der Waals surface area contributed by atoms with Crippen LogP contribution in [-0.4, -0.2) is 29.2 Å². The monoisotopic (exact) mass is 204 g/mol. The van der Waals surface area contributed by atoms with Gasteiger partial charge in [-0.25, -0.2) is 0 Å². The van der Waals surface area contributed by atoms with E-state index in [1.165, 1.54) is 0 Å². The minimum atomic E-state index is -0.704. The molecule has 0 bridgehead atoms. The number of fused-ring (bicyclic) bond motifs is 1. The molecule has 0 fully saturated rings. The van der Waals surface area contributed by atoms with Gasteiger partial charge in [-0.2, -0.15) is 0 Å². The molecule has 0 radical (unpaired) electrons. The summed E-state index contributed by atoms with van der Waals surface area (Å²) in [5, 5.41) is 0. The Kier molecular flexibility index (Phi) is 2.00. The van der Waals surface area contributed by atoms with Crippen molar-refractivity contribution in [2.24, 2.45) is 5.73 Å². The van der Waals surface area contributed by atoms with E-state index in [-0.39, 0.29) is 6.54 Å². The van der Waals surface area contributed by atoms with Gasteiger partial charge in [-0.1, -0.05) is 12.1 Å². The average Bonchev–Trinajstić information content (AvgIpc) is 2.44. The SMILES string of the molecule is NC(=O)CN1C(=O)c2ccccc2C1=O. The third kappa shape index (κ3) is 1.38. The smallest absolute Gasteiger partial charge is 0.262 e. The van der Waals surface area contributed by atoms with Crippen molar-refractivity contribution in [3.63, 3.8) is 0 Å². The molecule has 2 N–H and O–H groups in total. The first-order valence-corrected chi connectivity index (χ1v) is 4.35. The minimum Gasteiger partial charge on any atom is -0.368 e. The molecule has 1 heterocycles. The molecule has 0 aliphatic carbocycles. The Morgan fingerprint density at radius 3 is 2.00 bits per heavy atom. The van der Waals surface area contributed by atoms with Crippen molar-refractivity contribution >= 4 is 17.7 Å². The molecule has 76 valence electrons. The predicted molar refractivity (Wildman–Crippen MR) is 51.0 cm³/mol. The molecule has 1 aliphatic rings. The molecule has 15 heavy (non-hydrogen) atoms. The Balaban J connectivity index is 2.41. The zero-order valence-electron chi connectivity index (χ0n) is 7.77. The van der Waals surface area contributed by atoms with Crippen LogP contribution < -0.4 is 5.73 Å². The molecule has 1 aromatic carbocycles. The number of nitrogens with zero attached hydrogens (tertiary/aromatic N) is 1. The lowest BCUT2D eigenvalue weighted by Crippen LogP contribution is -2.37. The highest BCUT2D eigenvalue weighted by atomic mass is 16.2. The lowest BCUT2D eigenvalue weighted by molar-refractivity contribution is -0.118. The Labute approximate surface area is 85.5 Å². The van der Waals surface area contributed by atoms with Crippen LogP contribution in [0.2, 0.25) is 0 Å². The highest BCUT2D eigenvalue weighted by Crippen LogP contribution is 2.21. The second kappa shape index (κ2) is 3.20. The largest absolute Gasteiger partial charge is 0.368 e. The Bertz CT molecular complexity index is 432. The van der Waals surface area contributed by atoms with E-state index in [2.05, 4.69) is 0 Å². The predicted octanol–water partition coefficient (Wildman–Crippen LogP) is -0.232. The highest BCUT2D eigenvalue weighted by Gasteiger charge is 2.35. The molecule has 5 heteroatoms. The number of carbonyl (C=O) groups excluding carboxylic acids is 3. The van der Waals surface area contributed by atoms with Crippen LogP contribution in [0.15, 0.2) is 24.3 Å². The van der Waals surface area contributed by atoms with Crippen molar-refractivity contribution in [1.82, 2.24) is 4.90 Å². The number of hydrogen-bond donors (Lipinski definition) is 1. The van der Waals surface area contributed by atoms with Crippen LogP contribution in [0.3, 0.4) is 0 Å². The Morgan fingerprint density at radius 2 is 1.60 bits per heavy atom. The van der Waals surface area contributed by atoms with E-state index in [0.717, 1.165) is 4.90 Å². The third-order valence-corrected chi connectivity index (χ3v) is 2.19. The van der Waals surface area contributed by atoms with Gasteiger partial charge in [0.2, 0.25) is 5.91 Å². The van der Waals surface area contributed by atoms with Crippen LogP contribution in [0.25, 0.3) is 0 Å². The number of primary amides is 1. The van der Waals surface area contributed by atoms with Crippen LogP contribution in [0.1, 0.15) is 20.7 Å². The lowest BCUT2D eigenvalue weighted by atomic mass is 10.1. The summed E-state index contributed by atoms with van der Waals surface area (Å²) in [6, 6.07) is 6.43. The van der Waals surface area contributed by atoms with Gasteiger partial charge < -0.3 is 5.73 Å². The van der Waals surface area contributed by atoms with E-state index in [9.17, 15) is 14.4 Å². The molecule has 5 nitrogen and oxygen atoms in total. The van der Waals surface area contributed by atoms with E-state index >= 15 is 0 Å². The van der Waals surface area contributed by atoms with E-state index < -0.39 is 17.7 Å². The van der Waals surface area contributed by atoms with Crippen molar-refractivity contribution in [3.05, 3.63) is 35.4 Å². The summed E-state index contributed by atoms with van der Waals surface area (Å²) in [6.07, 6.45) is 0. The summed E-state index contributed by atoms with van der Waals surface area (Å²) in [6.45, 7) is -0.369. The van der Waals surface area contributed by atoms with Gasteiger partial charge in [0, 0.05) is 0 Å². The zero-order valence-corrected chi connectivity index (χ0v) is 7.77. The van der Waals surface area contributed by atoms with Gasteiger partial charge in [0.15, 0.2) is 0 Å². The van der Waals surface area contributed by atoms with Crippen molar-refractivity contribution in [2.45, 2.75) is 0 Å². The maximum Gasteiger partial charge on any atom is 0.262 e. The van der Waals surface area contributed by atoms with Crippen LogP contribution in [-0.2, 0) is 4.79 Å². The van der Waals surface area contributed by atoms with Crippen molar-refractivity contribution in [2.75, 3.05) is 6.54 Å². The van der Waals surface area contributed by atoms with Gasteiger partial charge in [-0.3, -0.25) is 19.3 Å². The standard InChI is InChI=1S/C10H8N2O3/c11-8(13)5-12-9(14)6-3-1-2-4-7(6)10(12)15/h1-4H,5H2,(H2,11,13). The average molecular weight is 204 g/mol. The third-order valence-electron chi connectivity index (χ3n) is 2.19. The molecule has 3 amide bonds. The topological polar surface area (TPSA) is 80.5 Å². The van der Waals surface area contributed by atoms with Crippen LogP contribution in [0.4, 0.5) is 0 Å². The van der Waals surface area contributed by atoms with Crippen molar-refractivity contribution < 1.29 is 14.4 Å². The fourth-order valence-electron chi connectivity index (χ4n) is 1.54. The minimum absolute atomic E-state index is 0.323. The maximum absolute atomic E-state index is 11.6. The summed E-state index contributed by atoms with van der Waals surface area (Å²) >= 11 is 0. The summed E-state index contributed by atoms with van der Waals surface area (Å²) < 4.78 is 0. The van der Waals surface area contributed by atoms with E-state index in [0.29, 0.717) is 11.1 Å². The second-order valence-electron chi connectivity index (χ2n) is 3.21. The summed E-state index contributed by atoms with van der Waals surface area (Å²) in [5.74, 6) is -1.63. The van der Waals surface area contributed by atoms with E-state index in [1.807, 2.05) is 0 Å². The lowest BCUT2D eigenvalue weighted by Gasteiger charge is -2.09. The first-order chi connectivity index (χ1) is 7.11. The van der Waals surface area contributed by atoms with Gasteiger partial charge in [0.05, 0.1) is 11.1 Å². The van der Waals surface area contributed by atoms with Crippen LogP contribution >= 0.6 is 0 Å². The maximum atomic E-state index is 11.6. The molecule has 0 aromatic heterocycles. The Hall–Kier alpha value is -2.17. The van der Waals surface area contributed by atoms with Gasteiger partial charge in [-0.15, -0.1) is 0 Å². The summed E-state index contributed by atoms with van der Waals surface area (Å²) in [5.41, 5.74) is 5.59. The number of hydrogen-bond acceptors (Lipinski definition) is 3. The summed E-state index contributed by atoms with van der Waals surface area (Å²) in [4.78, 5) is 34.8. The zero-order chi connectivity index (χ0) is 11.0. The van der Waals surface area contributed by atoms with Crippen LogP contribution in [0, 0.1) is 0 Å². The Morgan fingerprint density at radius 1 is 1.13 bits per heavy atom. The molecule has 1 aliphatic heterocycles. The molecule has 0 atom stereocenters. The number of benzene rings is 1. The molecule has 0 unspecified atom stereocenters. The molecular formula is C10H8N2O3. The number of imide groups is 1. The van der Waals surface area contributed by atoms with Gasteiger partial charge >= 0.3 is 0 Å². The van der Waals surface area contributed by atoms with Gasteiger partial charge in [-0.05, 0) is 12.1 Å². The van der Waals surface area contributed by atoms with Crippen LogP contribution in [0.5, 0.6) is 0 Å². The highest BCUT2D eigenvalue weighted by molar-refractivity contribution is 6.22. The molecule has 2 rings (SSSR count). The van der Waals surface area contributed by atoms with E-state index in [1.54, 1.807) is 24.3 Å². The number of nitrogens with two attached hydrogens (primary N) is 1. The molecular weight excluding hydrogens is 196 g/mol.